The molecule has 116 valence electrons. The molecule has 1 saturated carbocycles. The number of ketones is 1. The number of fused-ring (bicyclic) bond motifs is 4. The smallest absolute Gasteiger partial charge is 0.139 e. The van der Waals surface area contributed by atoms with Crippen molar-refractivity contribution in [3.05, 3.63) is 34.9 Å². The molecule has 0 unspecified atom stereocenters. The monoisotopic (exact) mass is 296 g/mol. The van der Waals surface area contributed by atoms with Crippen molar-refractivity contribution in [3.63, 3.8) is 0 Å². The molecule has 0 N–H and O–H groups in total. The molecule has 2 nitrogen and oxygen atoms in total. The van der Waals surface area contributed by atoms with Crippen LogP contribution in [-0.2, 0) is 11.2 Å². The van der Waals surface area contributed by atoms with E-state index in [1.54, 1.807) is 18.3 Å². The number of ether oxygens (including phenoxy) is 1. The SMILES string of the molecule is COc1ccc2c(c1)CCC1=C2CC[C@@]2(C)C(=O)CCC[C@H]12. The highest BCUT2D eigenvalue weighted by atomic mass is 16.5. The Kier molecular flexibility index (Phi) is 3.18. The molecule has 0 aromatic heterocycles. The minimum atomic E-state index is -0.0823. The molecule has 3 aliphatic carbocycles. The van der Waals surface area contributed by atoms with Crippen molar-refractivity contribution >= 4 is 11.4 Å². The van der Waals surface area contributed by atoms with E-state index in [1.165, 1.54) is 17.5 Å². The average Bonchev–Trinajstić information content (AvgIpc) is 2.55. The zero-order valence-corrected chi connectivity index (χ0v) is 13.6. The van der Waals surface area contributed by atoms with Gasteiger partial charge in [-0.2, -0.15) is 0 Å². The van der Waals surface area contributed by atoms with Gasteiger partial charge in [-0.1, -0.05) is 18.6 Å². The summed E-state index contributed by atoms with van der Waals surface area (Å²) in [6, 6.07) is 6.50. The molecule has 1 aromatic rings. The van der Waals surface area contributed by atoms with Crippen LogP contribution in [0.2, 0.25) is 0 Å². The van der Waals surface area contributed by atoms with Crippen molar-refractivity contribution in [3.8, 4) is 5.75 Å². The highest BCUT2D eigenvalue weighted by molar-refractivity contribution is 5.88. The zero-order chi connectivity index (χ0) is 15.3. The number of aryl methyl sites for hydroxylation is 1. The lowest BCUT2D eigenvalue weighted by molar-refractivity contribution is -0.133. The number of allylic oxidation sites excluding steroid dienone is 2. The fraction of sp³-hybridized carbons (Fsp3) is 0.550. The Balaban J connectivity index is 1.80. The lowest BCUT2D eigenvalue weighted by atomic mass is 9.56. The number of hydrogen-bond donors (Lipinski definition) is 0. The Labute approximate surface area is 132 Å². The van der Waals surface area contributed by atoms with Crippen molar-refractivity contribution in [2.24, 2.45) is 11.3 Å². The maximum Gasteiger partial charge on any atom is 0.139 e. The molecular weight excluding hydrogens is 272 g/mol. The lowest BCUT2D eigenvalue weighted by Crippen LogP contribution is -2.43. The van der Waals surface area contributed by atoms with Gasteiger partial charge >= 0.3 is 0 Å². The first-order valence-corrected chi connectivity index (χ1v) is 8.56. The van der Waals surface area contributed by atoms with E-state index in [0.29, 0.717) is 11.7 Å². The summed E-state index contributed by atoms with van der Waals surface area (Å²) < 4.78 is 5.37. The standard InChI is InChI=1S/C20H24O2/c1-20-11-10-16-15-9-7-14(22-2)12-13(15)6-8-17(16)18(20)4-3-5-19(20)21/h7,9,12,18H,3-6,8,10-11H2,1-2H3/t18-,20-/m1/s1. The second kappa shape index (κ2) is 4.97. The molecule has 1 fully saturated rings. The van der Waals surface area contributed by atoms with Crippen LogP contribution in [0.15, 0.2) is 23.8 Å². The molecule has 2 atom stereocenters. The normalized spacial score (nSPS) is 30.5. The first-order chi connectivity index (χ1) is 10.6. The van der Waals surface area contributed by atoms with Crippen molar-refractivity contribution in [2.75, 3.05) is 7.11 Å². The van der Waals surface area contributed by atoms with E-state index < -0.39 is 0 Å². The molecule has 0 saturated heterocycles. The third-order valence-electron chi connectivity index (χ3n) is 6.31. The Morgan fingerprint density at radius 3 is 2.86 bits per heavy atom. The van der Waals surface area contributed by atoms with E-state index >= 15 is 0 Å². The van der Waals surface area contributed by atoms with Crippen LogP contribution in [0.4, 0.5) is 0 Å². The molecule has 2 heteroatoms. The molecule has 1 aromatic carbocycles. The number of Topliss-reactive ketones (excluding diaryl/α,β-unsaturated/α-hetero) is 1. The molecule has 0 aliphatic heterocycles. The Morgan fingerprint density at radius 2 is 2.05 bits per heavy atom. The number of methoxy groups -OCH3 is 1. The van der Waals surface area contributed by atoms with Gasteiger partial charge in [-0.15, -0.1) is 0 Å². The highest BCUT2D eigenvalue weighted by Crippen LogP contribution is 2.55. The summed E-state index contributed by atoms with van der Waals surface area (Å²) in [5, 5.41) is 0. The van der Waals surface area contributed by atoms with E-state index in [1.807, 2.05) is 0 Å². The van der Waals surface area contributed by atoms with E-state index in [9.17, 15) is 4.79 Å². The number of hydrogen-bond acceptors (Lipinski definition) is 2. The van der Waals surface area contributed by atoms with Crippen LogP contribution in [0.3, 0.4) is 0 Å². The predicted octanol–water partition coefficient (Wildman–Crippen LogP) is 4.56. The highest BCUT2D eigenvalue weighted by Gasteiger charge is 2.48. The molecule has 0 heterocycles. The summed E-state index contributed by atoms with van der Waals surface area (Å²) >= 11 is 0. The summed E-state index contributed by atoms with van der Waals surface area (Å²) in [5.74, 6) is 1.96. The van der Waals surface area contributed by atoms with Crippen molar-refractivity contribution in [1.82, 2.24) is 0 Å². The maximum absolute atomic E-state index is 12.5. The van der Waals surface area contributed by atoms with Crippen molar-refractivity contribution in [1.29, 1.82) is 0 Å². The third kappa shape index (κ3) is 1.89. The lowest BCUT2D eigenvalue weighted by Gasteiger charge is -2.47. The van der Waals surface area contributed by atoms with Crippen LogP contribution in [0, 0.1) is 11.3 Å². The maximum atomic E-state index is 12.5. The van der Waals surface area contributed by atoms with Gasteiger partial charge in [0.2, 0.25) is 0 Å². The quantitative estimate of drug-likeness (QED) is 0.759. The number of carbonyl (C=O) groups is 1. The number of benzene rings is 1. The van der Waals surface area contributed by atoms with Gasteiger partial charge in [0, 0.05) is 11.8 Å². The first-order valence-electron chi connectivity index (χ1n) is 8.56. The second-order valence-corrected chi connectivity index (χ2v) is 7.31. The summed E-state index contributed by atoms with van der Waals surface area (Å²) in [4.78, 5) is 12.5. The Morgan fingerprint density at radius 1 is 1.18 bits per heavy atom. The molecule has 4 rings (SSSR count). The van der Waals surface area contributed by atoms with Crippen LogP contribution < -0.4 is 4.74 Å². The van der Waals surface area contributed by atoms with Crippen molar-refractivity contribution in [2.45, 2.75) is 51.9 Å². The molecular formula is C20H24O2. The van der Waals surface area contributed by atoms with Crippen molar-refractivity contribution < 1.29 is 9.53 Å². The van der Waals surface area contributed by atoms with E-state index in [2.05, 4.69) is 25.1 Å². The number of rotatable bonds is 1. The van der Waals surface area contributed by atoms with Gasteiger partial charge in [0.05, 0.1) is 7.11 Å². The first kappa shape index (κ1) is 14.0. The second-order valence-electron chi connectivity index (χ2n) is 7.31. The van der Waals surface area contributed by atoms with Gasteiger partial charge in [0.1, 0.15) is 11.5 Å². The molecule has 0 amide bonds. The largest absolute Gasteiger partial charge is 0.497 e. The number of carbonyl (C=O) groups excluding carboxylic acids is 1. The van der Waals surface area contributed by atoms with E-state index in [4.69, 9.17) is 4.74 Å². The minimum absolute atomic E-state index is 0.0823. The van der Waals surface area contributed by atoms with Crippen LogP contribution in [-0.4, -0.2) is 12.9 Å². The molecule has 0 bridgehead atoms. The fourth-order valence-corrected chi connectivity index (χ4v) is 4.99. The fourth-order valence-electron chi connectivity index (χ4n) is 4.99. The van der Waals surface area contributed by atoms with Crippen LogP contribution in [0.25, 0.3) is 5.57 Å². The van der Waals surface area contributed by atoms with Crippen LogP contribution in [0.5, 0.6) is 5.75 Å². The topological polar surface area (TPSA) is 26.3 Å². The summed E-state index contributed by atoms with van der Waals surface area (Å²) in [7, 11) is 1.73. The molecule has 3 aliphatic rings. The van der Waals surface area contributed by atoms with E-state index in [-0.39, 0.29) is 5.41 Å². The average molecular weight is 296 g/mol. The summed E-state index contributed by atoms with van der Waals surface area (Å²) in [5.41, 5.74) is 5.90. The summed E-state index contributed by atoms with van der Waals surface area (Å²) in [6.07, 6.45) is 7.38. The van der Waals surface area contributed by atoms with Crippen LogP contribution in [0.1, 0.15) is 56.6 Å². The van der Waals surface area contributed by atoms with Gasteiger partial charge in [0.25, 0.3) is 0 Å². The van der Waals surface area contributed by atoms with Gasteiger partial charge in [0.15, 0.2) is 0 Å². The molecule has 0 radical (unpaired) electrons. The van der Waals surface area contributed by atoms with Gasteiger partial charge < -0.3 is 4.74 Å². The zero-order valence-electron chi connectivity index (χ0n) is 13.6. The minimum Gasteiger partial charge on any atom is -0.497 e. The van der Waals surface area contributed by atoms with Gasteiger partial charge in [-0.3, -0.25) is 4.79 Å². The predicted molar refractivity (Wildman–Crippen MR) is 87.9 cm³/mol. The Bertz CT molecular complexity index is 670. The van der Waals surface area contributed by atoms with E-state index in [0.717, 1.165) is 44.3 Å². The van der Waals surface area contributed by atoms with Gasteiger partial charge in [-0.25, -0.2) is 0 Å². The molecule has 0 spiro atoms. The Hall–Kier alpha value is -1.57. The van der Waals surface area contributed by atoms with Crippen LogP contribution >= 0.6 is 0 Å². The third-order valence-corrected chi connectivity index (χ3v) is 6.31. The van der Waals surface area contributed by atoms with Gasteiger partial charge in [-0.05, 0) is 73.3 Å². The summed E-state index contributed by atoms with van der Waals surface area (Å²) in [6.45, 7) is 2.23. The molecule has 22 heavy (non-hydrogen) atoms.